The highest BCUT2D eigenvalue weighted by Gasteiger charge is 2.20. The van der Waals surface area contributed by atoms with E-state index in [9.17, 15) is 9.59 Å². The molecule has 2 amide bonds. The number of aryl methyl sites for hydroxylation is 1. The third kappa shape index (κ3) is 6.29. The molecule has 1 atom stereocenters. The van der Waals surface area contributed by atoms with Gasteiger partial charge in [-0.25, -0.2) is 0 Å². The van der Waals surface area contributed by atoms with Crippen molar-refractivity contribution in [3.05, 3.63) is 29.8 Å². The molecule has 0 aliphatic rings. The van der Waals surface area contributed by atoms with Crippen LogP contribution in [0.3, 0.4) is 0 Å². The van der Waals surface area contributed by atoms with Crippen molar-refractivity contribution in [2.75, 3.05) is 6.61 Å². The molecule has 0 heterocycles. The number of ether oxygens (including phenoxy) is 1. The average molecular weight is 292 g/mol. The second-order valence-electron chi connectivity index (χ2n) is 6.08. The second-order valence-corrected chi connectivity index (χ2v) is 6.08. The van der Waals surface area contributed by atoms with Crippen LogP contribution in [0.4, 0.5) is 0 Å². The largest absolute Gasteiger partial charge is 0.484 e. The molecule has 1 aromatic rings. The predicted molar refractivity (Wildman–Crippen MR) is 82.2 cm³/mol. The van der Waals surface area contributed by atoms with Gasteiger partial charge in [-0.15, -0.1) is 0 Å². The number of carbonyl (C=O) groups excluding carboxylic acids is 2. The summed E-state index contributed by atoms with van der Waals surface area (Å²) in [6, 6.07) is 6.86. The maximum atomic E-state index is 11.9. The van der Waals surface area contributed by atoms with E-state index >= 15 is 0 Å². The highest BCUT2D eigenvalue weighted by molar-refractivity contribution is 5.88. The lowest BCUT2D eigenvalue weighted by molar-refractivity contribution is -0.130. The summed E-state index contributed by atoms with van der Waals surface area (Å²) >= 11 is 0. The zero-order valence-corrected chi connectivity index (χ0v) is 13.3. The molecule has 5 nitrogen and oxygen atoms in total. The summed E-state index contributed by atoms with van der Waals surface area (Å²) in [4.78, 5) is 23.6. The van der Waals surface area contributed by atoms with Crippen LogP contribution in [-0.2, 0) is 9.59 Å². The Bertz CT molecular complexity index is 506. The monoisotopic (exact) mass is 292 g/mol. The van der Waals surface area contributed by atoms with Gasteiger partial charge >= 0.3 is 0 Å². The summed E-state index contributed by atoms with van der Waals surface area (Å²) in [7, 11) is 0. The quantitative estimate of drug-likeness (QED) is 0.869. The lowest BCUT2D eigenvalue weighted by Crippen LogP contribution is -2.51. The van der Waals surface area contributed by atoms with E-state index in [1.165, 1.54) is 0 Å². The van der Waals surface area contributed by atoms with E-state index in [0.29, 0.717) is 5.75 Å². The molecule has 21 heavy (non-hydrogen) atoms. The van der Waals surface area contributed by atoms with E-state index in [0.717, 1.165) is 5.56 Å². The molecule has 0 radical (unpaired) electrons. The van der Waals surface area contributed by atoms with Crippen molar-refractivity contribution in [1.82, 2.24) is 10.6 Å². The van der Waals surface area contributed by atoms with Crippen LogP contribution < -0.4 is 15.4 Å². The minimum Gasteiger partial charge on any atom is -0.484 e. The van der Waals surface area contributed by atoms with Crippen LogP contribution in [0.15, 0.2) is 24.3 Å². The van der Waals surface area contributed by atoms with Crippen LogP contribution in [0.2, 0.25) is 0 Å². The number of carbonyl (C=O) groups is 2. The first kappa shape index (κ1) is 17.0. The predicted octanol–water partition coefficient (Wildman–Crippen LogP) is 1.79. The fourth-order valence-corrected chi connectivity index (χ4v) is 1.69. The number of benzene rings is 1. The third-order valence-corrected chi connectivity index (χ3v) is 2.72. The van der Waals surface area contributed by atoms with Crippen LogP contribution in [0.5, 0.6) is 5.75 Å². The average Bonchev–Trinajstić information content (AvgIpc) is 2.35. The van der Waals surface area contributed by atoms with E-state index in [1.54, 1.807) is 13.0 Å². The normalized spacial score (nSPS) is 12.4. The number of hydrogen-bond acceptors (Lipinski definition) is 3. The van der Waals surface area contributed by atoms with Crippen molar-refractivity contribution in [3.8, 4) is 5.75 Å². The number of rotatable bonds is 5. The molecule has 1 aromatic carbocycles. The molecule has 0 aliphatic heterocycles. The number of para-hydroxylation sites is 1. The first-order valence-corrected chi connectivity index (χ1v) is 6.99. The van der Waals surface area contributed by atoms with Gasteiger partial charge in [-0.2, -0.15) is 0 Å². The van der Waals surface area contributed by atoms with Crippen LogP contribution in [0.25, 0.3) is 0 Å². The molecule has 0 aromatic heterocycles. The fourth-order valence-electron chi connectivity index (χ4n) is 1.69. The van der Waals surface area contributed by atoms with E-state index in [-0.39, 0.29) is 24.0 Å². The van der Waals surface area contributed by atoms with Gasteiger partial charge in [0.05, 0.1) is 0 Å². The highest BCUT2D eigenvalue weighted by atomic mass is 16.5. The van der Waals surface area contributed by atoms with Gasteiger partial charge in [-0.1, -0.05) is 18.2 Å². The van der Waals surface area contributed by atoms with Gasteiger partial charge in [-0.05, 0) is 46.2 Å². The summed E-state index contributed by atoms with van der Waals surface area (Å²) in [6.07, 6.45) is 0. The number of hydrogen-bond donors (Lipinski definition) is 2. The summed E-state index contributed by atoms with van der Waals surface area (Å²) in [5.41, 5.74) is 0.636. The topological polar surface area (TPSA) is 67.4 Å². The van der Waals surface area contributed by atoms with Crippen molar-refractivity contribution in [2.24, 2.45) is 0 Å². The molecule has 0 aliphatic carbocycles. The van der Waals surface area contributed by atoms with E-state index in [4.69, 9.17) is 4.74 Å². The molecule has 1 rings (SSSR count). The smallest absolute Gasteiger partial charge is 0.258 e. The van der Waals surface area contributed by atoms with Crippen molar-refractivity contribution >= 4 is 11.8 Å². The van der Waals surface area contributed by atoms with Crippen molar-refractivity contribution in [1.29, 1.82) is 0 Å². The number of amides is 2. The van der Waals surface area contributed by atoms with Gasteiger partial charge in [-0.3, -0.25) is 9.59 Å². The summed E-state index contributed by atoms with van der Waals surface area (Å²) in [5, 5.41) is 5.43. The van der Waals surface area contributed by atoms with Crippen LogP contribution in [0.1, 0.15) is 33.3 Å². The van der Waals surface area contributed by atoms with Gasteiger partial charge < -0.3 is 15.4 Å². The van der Waals surface area contributed by atoms with Crippen LogP contribution in [0, 0.1) is 6.92 Å². The highest BCUT2D eigenvalue weighted by Crippen LogP contribution is 2.15. The molecule has 0 spiro atoms. The van der Waals surface area contributed by atoms with Crippen molar-refractivity contribution < 1.29 is 14.3 Å². The zero-order valence-electron chi connectivity index (χ0n) is 13.3. The maximum Gasteiger partial charge on any atom is 0.258 e. The van der Waals surface area contributed by atoms with E-state index < -0.39 is 6.04 Å². The van der Waals surface area contributed by atoms with Gasteiger partial charge in [0.25, 0.3) is 5.91 Å². The molecule has 5 heteroatoms. The molecular formula is C16H24N2O3. The zero-order chi connectivity index (χ0) is 16.0. The minimum atomic E-state index is -0.600. The Kier molecular flexibility index (Phi) is 5.76. The molecule has 116 valence electrons. The van der Waals surface area contributed by atoms with Gasteiger partial charge in [0.2, 0.25) is 5.91 Å². The minimum absolute atomic E-state index is 0.113. The summed E-state index contributed by atoms with van der Waals surface area (Å²) in [6.45, 7) is 9.11. The Balaban J connectivity index is 2.43. The van der Waals surface area contributed by atoms with Crippen LogP contribution in [-0.4, -0.2) is 30.0 Å². The maximum absolute atomic E-state index is 11.9. The lowest BCUT2D eigenvalue weighted by Gasteiger charge is -2.23. The lowest BCUT2D eigenvalue weighted by atomic mass is 10.1. The Morgan fingerprint density at radius 2 is 1.86 bits per heavy atom. The Morgan fingerprint density at radius 3 is 2.43 bits per heavy atom. The molecule has 0 fully saturated rings. The van der Waals surface area contributed by atoms with Gasteiger partial charge in [0, 0.05) is 5.54 Å². The van der Waals surface area contributed by atoms with Crippen LogP contribution >= 0.6 is 0 Å². The van der Waals surface area contributed by atoms with Crippen molar-refractivity contribution in [2.45, 2.75) is 46.2 Å². The Hall–Kier alpha value is -2.04. The molecule has 0 saturated heterocycles. The van der Waals surface area contributed by atoms with Gasteiger partial charge in [0.15, 0.2) is 6.61 Å². The Labute approximate surface area is 126 Å². The Morgan fingerprint density at radius 1 is 1.24 bits per heavy atom. The molecule has 0 bridgehead atoms. The fraction of sp³-hybridized carbons (Fsp3) is 0.500. The molecule has 0 saturated carbocycles. The first-order chi connectivity index (χ1) is 9.69. The molecular weight excluding hydrogens is 268 g/mol. The summed E-state index contributed by atoms with van der Waals surface area (Å²) < 4.78 is 5.44. The molecule has 2 N–H and O–H groups in total. The van der Waals surface area contributed by atoms with E-state index in [1.807, 2.05) is 45.9 Å². The SMILES string of the molecule is Cc1ccccc1OCC(=O)N[C@H](C)C(=O)NC(C)(C)C. The second kappa shape index (κ2) is 7.11. The first-order valence-electron chi connectivity index (χ1n) is 6.99. The molecule has 0 unspecified atom stereocenters. The van der Waals surface area contributed by atoms with E-state index in [2.05, 4.69) is 10.6 Å². The summed E-state index contributed by atoms with van der Waals surface area (Å²) in [5.74, 6) is 0.126. The standard InChI is InChI=1S/C16H24N2O3/c1-11-8-6-7-9-13(11)21-10-14(19)17-12(2)15(20)18-16(3,4)5/h6-9,12H,10H2,1-5H3,(H,17,19)(H,18,20)/t12-/m1/s1. The number of nitrogens with one attached hydrogen (secondary N) is 2. The van der Waals surface area contributed by atoms with Crippen molar-refractivity contribution in [3.63, 3.8) is 0 Å². The van der Waals surface area contributed by atoms with Gasteiger partial charge in [0.1, 0.15) is 11.8 Å². The third-order valence-electron chi connectivity index (χ3n) is 2.72.